The summed E-state index contributed by atoms with van der Waals surface area (Å²) in [6, 6.07) is 26.9. The summed E-state index contributed by atoms with van der Waals surface area (Å²) in [4.78, 5) is 24.9. The maximum absolute atomic E-state index is 13.5. The van der Waals surface area contributed by atoms with Crippen LogP contribution in [0.25, 0.3) is 0 Å². The predicted octanol–water partition coefficient (Wildman–Crippen LogP) is 5.05. The Labute approximate surface area is 225 Å². The van der Waals surface area contributed by atoms with Gasteiger partial charge in [0.15, 0.2) is 11.5 Å². The minimum Gasteiger partial charge on any atom is -0.493 e. The summed E-state index contributed by atoms with van der Waals surface area (Å²) in [6.45, 7) is 0.348. The number of rotatable bonds is 11. The highest BCUT2D eigenvalue weighted by atomic mass is 16.5. The number of methoxy groups -OCH3 is 1. The van der Waals surface area contributed by atoms with Gasteiger partial charge in [-0.25, -0.2) is 4.79 Å². The molecule has 4 aromatic carbocycles. The zero-order valence-electron chi connectivity index (χ0n) is 21.2. The molecule has 0 saturated carbocycles. The molecule has 1 atom stereocenters. The lowest BCUT2D eigenvalue weighted by Gasteiger charge is -2.22. The number of carboxylic acid groups (broad SMARTS) is 1. The van der Waals surface area contributed by atoms with Crippen LogP contribution in [-0.2, 0) is 11.4 Å². The number of nitrogen functional groups attached to an aromatic ring is 1. The summed E-state index contributed by atoms with van der Waals surface area (Å²) in [7, 11) is 1.52. The van der Waals surface area contributed by atoms with Gasteiger partial charge in [-0.2, -0.15) is 0 Å². The molecule has 0 aliphatic carbocycles. The first-order valence-electron chi connectivity index (χ1n) is 12.0. The van der Waals surface area contributed by atoms with Crippen LogP contribution in [0.5, 0.6) is 11.5 Å². The summed E-state index contributed by atoms with van der Waals surface area (Å²) in [5.41, 5.74) is 8.71. The summed E-state index contributed by atoms with van der Waals surface area (Å²) >= 11 is 0. The third kappa shape index (κ3) is 6.92. The minimum absolute atomic E-state index is 0.0544. The van der Waals surface area contributed by atoms with E-state index in [1.807, 2.05) is 30.3 Å². The second kappa shape index (κ2) is 12.3. The Bertz CT molecular complexity index is 1470. The molecule has 0 bridgehead atoms. The van der Waals surface area contributed by atoms with Gasteiger partial charge in [-0.3, -0.25) is 10.2 Å². The van der Waals surface area contributed by atoms with Crippen molar-refractivity contribution in [1.82, 2.24) is 0 Å². The molecule has 0 fully saturated rings. The molecule has 0 spiro atoms. The second-order valence-electron chi connectivity index (χ2n) is 8.63. The van der Waals surface area contributed by atoms with Crippen LogP contribution in [0.3, 0.4) is 0 Å². The van der Waals surface area contributed by atoms with Crippen molar-refractivity contribution in [2.24, 2.45) is 5.73 Å². The summed E-state index contributed by atoms with van der Waals surface area (Å²) in [5, 5.41) is 22.9. The summed E-state index contributed by atoms with van der Waals surface area (Å²) in [5.74, 6) is -0.618. The molecule has 0 radical (unpaired) electrons. The zero-order valence-corrected chi connectivity index (χ0v) is 21.2. The van der Waals surface area contributed by atoms with E-state index in [0.717, 1.165) is 5.56 Å². The van der Waals surface area contributed by atoms with E-state index in [9.17, 15) is 14.7 Å². The predicted molar refractivity (Wildman–Crippen MR) is 150 cm³/mol. The van der Waals surface area contributed by atoms with Crippen molar-refractivity contribution in [2.75, 3.05) is 17.7 Å². The van der Waals surface area contributed by atoms with Crippen molar-refractivity contribution >= 4 is 29.1 Å². The van der Waals surface area contributed by atoms with E-state index in [2.05, 4.69) is 10.6 Å². The molecule has 0 aliphatic heterocycles. The Hall–Kier alpha value is -5.31. The first-order chi connectivity index (χ1) is 18.8. The maximum Gasteiger partial charge on any atom is 0.335 e. The fourth-order valence-corrected chi connectivity index (χ4v) is 3.88. The number of carboxylic acids is 1. The van der Waals surface area contributed by atoms with Crippen LogP contribution in [0.2, 0.25) is 0 Å². The number of ether oxygens (including phenoxy) is 2. The molecular formula is C30H28N4O5. The number of nitrogens with one attached hydrogen (secondary N) is 3. The van der Waals surface area contributed by atoms with Crippen molar-refractivity contribution in [3.8, 4) is 11.5 Å². The highest BCUT2D eigenvalue weighted by Crippen LogP contribution is 2.33. The first-order valence-corrected chi connectivity index (χ1v) is 12.0. The minimum atomic E-state index is -1.10. The SMILES string of the molecule is COc1cc(C(Nc2ccc(C(=N)N)cc2)C(=O)Nc2cccc(C(=O)O)c2)ccc1OCc1ccccc1. The molecule has 1 unspecified atom stereocenters. The number of nitrogens with two attached hydrogens (primary N) is 1. The van der Waals surface area contributed by atoms with Crippen LogP contribution in [0, 0.1) is 5.41 Å². The van der Waals surface area contributed by atoms with Crippen LogP contribution in [0.4, 0.5) is 11.4 Å². The van der Waals surface area contributed by atoms with E-state index in [1.165, 1.54) is 19.2 Å². The number of amidine groups is 1. The number of hydrogen-bond donors (Lipinski definition) is 5. The number of anilines is 2. The molecule has 4 rings (SSSR count). The van der Waals surface area contributed by atoms with Crippen LogP contribution in [0.15, 0.2) is 97.1 Å². The maximum atomic E-state index is 13.5. The molecule has 0 heterocycles. The lowest BCUT2D eigenvalue weighted by Crippen LogP contribution is -2.27. The molecule has 0 aromatic heterocycles. The van der Waals surface area contributed by atoms with E-state index in [-0.39, 0.29) is 11.4 Å². The van der Waals surface area contributed by atoms with Crippen molar-refractivity contribution in [2.45, 2.75) is 12.6 Å². The van der Waals surface area contributed by atoms with Gasteiger partial charge in [0.2, 0.25) is 0 Å². The number of amides is 1. The Morgan fingerprint density at radius 1 is 0.872 bits per heavy atom. The largest absolute Gasteiger partial charge is 0.493 e. The molecule has 198 valence electrons. The fourth-order valence-electron chi connectivity index (χ4n) is 3.88. The van der Waals surface area contributed by atoms with Crippen molar-refractivity contribution in [3.05, 3.63) is 119 Å². The second-order valence-corrected chi connectivity index (χ2v) is 8.63. The van der Waals surface area contributed by atoms with E-state index < -0.39 is 17.9 Å². The quantitative estimate of drug-likeness (QED) is 0.136. The van der Waals surface area contributed by atoms with Gasteiger partial charge in [-0.15, -0.1) is 0 Å². The van der Waals surface area contributed by atoms with Crippen LogP contribution in [0.1, 0.15) is 33.1 Å². The van der Waals surface area contributed by atoms with Gasteiger partial charge in [0, 0.05) is 16.9 Å². The molecule has 0 aliphatic rings. The average molecular weight is 525 g/mol. The van der Waals surface area contributed by atoms with Crippen molar-refractivity contribution in [3.63, 3.8) is 0 Å². The van der Waals surface area contributed by atoms with Gasteiger partial charge >= 0.3 is 5.97 Å². The van der Waals surface area contributed by atoms with Gasteiger partial charge in [-0.1, -0.05) is 42.5 Å². The van der Waals surface area contributed by atoms with E-state index >= 15 is 0 Å². The molecule has 0 saturated heterocycles. The normalized spacial score (nSPS) is 11.2. The highest BCUT2D eigenvalue weighted by Gasteiger charge is 2.23. The van der Waals surface area contributed by atoms with Gasteiger partial charge in [-0.05, 0) is 65.7 Å². The molecule has 1 amide bonds. The standard InChI is InChI=1S/C30H28N4O5/c1-38-26-17-21(12-15-25(26)39-18-19-6-3-2-4-7-19)27(33-23-13-10-20(11-14-23)28(31)32)29(35)34-24-9-5-8-22(16-24)30(36)37/h2-17,27,33H,18H2,1H3,(H3,31,32)(H,34,35)(H,36,37). The number of carbonyl (C=O) groups excluding carboxylic acids is 1. The molecule has 4 aromatic rings. The Morgan fingerprint density at radius 3 is 2.28 bits per heavy atom. The molecule has 9 heteroatoms. The number of aromatic carboxylic acids is 1. The number of benzene rings is 4. The highest BCUT2D eigenvalue weighted by molar-refractivity contribution is 5.99. The van der Waals surface area contributed by atoms with E-state index in [4.69, 9.17) is 20.6 Å². The fraction of sp³-hybridized carbons (Fsp3) is 0.100. The van der Waals surface area contributed by atoms with Crippen LogP contribution in [-0.4, -0.2) is 29.9 Å². The first kappa shape index (κ1) is 26.7. The van der Waals surface area contributed by atoms with Gasteiger partial charge in [0.1, 0.15) is 18.5 Å². The molecular weight excluding hydrogens is 496 g/mol. The van der Waals surface area contributed by atoms with Crippen LogP contribution >= 0.6 is 0 Å². The van der Waals surface area contributed by atoms with E-state index in [1.54, 1.807) is 54.6 Å². The van der Waals surface area contributed by atoms with Crippen LogP contribution < -0.4 is 25.8 Å². The molecule has 6 N–H and O–H groups in total. The molecule has 9 nitrogen and oxygen atoms in total. The van der Waals surface area contributed by atoms with Crippen molar-refractivity contribution < 1.29 is 24.2 Å². The van der Waals surface area contributed by atoms with Gasteiger partial charge in [0.25, 0.3) is 5.91 Å². The third-order valence-electron chi connectivity index (χ3n) is 5.90. The average Bonchev–Trinajstić information content (AvgIpc) is 2.95. The summed E-state index contributed by atoms with van der Waals surface area (Å²) < 4.78 is 11.5. The summed E-state index contributed by atoms with van der Waals surface area (Å²) in [6.07, 6.45) is 0. The third-order valence-corrected chi connectivity index (χ3v) is 5.90. The van der Waals surface area contributed by atoms with Gasteiger partial charge < -0.3 is 30.9 Å². The lowest BCUT2D eigenvalue weighted by molar-refractivity contribution is -0.117. The number of carbonyl (C=O) groups is 2. The monoisotopic (exact) mass is 524 g/mol. The van der Waals surface area contributed by atoms with Crippen molar-refractivity contribution in [1.29, 1.82) is 5.41 Å². The van der Waals surface area contributed by atoms with E-state index in [0.29, 0.717) is 40.6 Å². The van der Waals surface area contributed by atoms with Gasteiger partial charge in [0.05, 0.1) is 12.7 Å². The topological polar surface area (TPSA) is 147 Å². The smallest absolute Gasteiger partial charge is 0.335 e. The molecule has 39 heavy (non-hydrogen) atoms. The Morgan fingerprint density at radius 2 is 1.62 bits per heavy atom. The Kier molecular flexibility index (Phi) is 8.43. The lowest BCUT2D eigenvalue weighted by atomic mass is 10.0. The number of hydrogen-bond acceptors (Lipinski definition) is 6. The zero-order chi connectivity index (χ0) is 27.8. The Balaban J connectivity index is 1.62.